The fourth-order valence-electron chi connectivity index (χ4n) is 2.74. The lowest BCUT2D eigenvalue weighted by Gasteiger charge is -2.16. The number of nitrogens with one attached hydrogen (secondary N) is 1. The maximum absolute atomic E-state index is 12.8. The molecular weight excluding hydrogens is 380 g/mol. The second-order valence-electron chi connectivity index (χ2n) is 6.18. The first-order valence-electron chi connectivity index (χ1n) is 8.86. The fraction of sp³-hybridized carbons (Fsp3) is 0.190. The molecule has 2 amide bonds. The van der Waals surface area contributed by atoms with Crippen molar-refractivity contribution < 1.29 is 19.1 Å². The molecule has 0 aromatic heterocycles. The molecule has 6 nitrogen and oxygen atoms in total. The molecule has 0 atom stereocenters. The van der Waals surface area contributed by atoms with Gasteiger partial charge in [-0.2, -0.15) is 0 Å². The van der Waals surface area contributed by atoms with Gasteiger partial charge in [0, 0.05) is 0 Å². The van der Waals surface area contributed by atoms with Gasteiger partial charge in [-0.05, 0) is 24.1 Å². The summed E-state index contributed by atoms with van der Waals surface area (Å²) in [7, 11) is 0. The number of hydrogen-bond donors (Lipinski definition) is 1. The number of hydrogen-bond acceptors (Lipinski definition) is 5. The van der Waals surface area contributed by atoms with Crippen molar-refractivity contribution in [3.63, 3.8) is 0 Å². The minimum Gasteiger partial charge on any atom is -0.462 e. The van der Waals surface area contributed by atoms with Crippen molar-refractivity contribution in [2.75, 3.05) is 11.9 Å². The summed E-state index contributed by atoms with van der Waals surface area (Å²) in [5.41, 5.74) is 1.35. The summed E-state index contributed by atoms with van der Waals surface area (Å²) in [5.74, 6) is -1.64. The van der Waals surface area contributed by atoms with Crippen LogP contribution in [0.25, 0.3) is 0 Å². The number of halogens is 1. The Bertz CT molecular complexity index is 940. The van der Waals surface area contributed by atoms with Gasteiger partial charge in [0.15, 0.2) is 0 Å². The van der Waals surface area contributed by atoms with E-state index in [9.17, 15) is 14.4 Å². The van der Waals surface area contributed by atoms with Crippen LogP contribution in [0.2, 0.25) is 0 Å². The van der Waals surface area contributed by atoms with Gasteiger partial charge in [-0.15, -0.1) is 0 Å². The van der Waals surface area contributed by atoms with Crippen LogP contribution >= 0.6 is 11.6 Å². The summed E-state index contributed by atoms with van der Waals surface area (Å²) in [6.45, 7) is 2.30. The highest BCUT2D eigenvalue weighted by molar-refractivity contribution is 6.48. The number of carbonyl (C=O) groups excluding carboxylic acids is 3. The van der Waals surface area contributed by atoms with Crippen LogP contribution in [0.1, 0.15) is 29.3 Å². The number of amides is 2. The fourth-order valence-corrected chi connectivity index (χ4v) is 2.97. The number of imide groups is 1. The molecule has 7 heteroatoms. The van der Waals surface area contributed by atoms with Crippen LogP contribution in [0.3, 0.4) is 0 Å². The number of ether oxygens (including phenoxy) is 1. The SMILES string of the molecule is CCCOC(=O)c1ccccc1NC1=C(Cl)C(=O)N(Cc2ccccc2)C1=O. The van der Waals surface area contributed by atoms with Crippen LogP contribution < -0.4 is 5.32 Å². The Balaban J connectivity index is 1.82. The number of para-hydroxylation sites is 1. The van der Waals surface area contributed by atoms with Crippen molar-refractivity contribution >= 4 is 35.1 Å². The van der Waals surface area contributed by atoms with E-state index in [1.807, 2.05) is 37.3 Å². The molecule has 0 saturated carbocycles. The number of esters is 1. The normalized spacial score (nSPS) is 13.9. The standard InChI is InChI=1S/C21H19ClN2O4/c1-2-12-28-21(27)15-10-6-7-11-16(15)23-18-17(22)19(25)24(20(18)26)13-14-8-4-3-5-9-14/h3-11,23H,2,12-13H2,1H3. The van der Waals surface area contributed by atoms with Gasteiger partial charge in [0.25, 0.3) is 11.8 Å². The van der Waals surface area contributed by atoms with Crippen LogP contribution in [-0.4, -0.2) is 29.3 Å². The molecule has 1 aliphatic heterocycles. The van der Waals surface area contributed by atoms with Crippen molar-refractivity contribution in [3.8, 4) is 0 Å². The Morgan fingerprint density at radius 1 is 1.04 bits per heavy atom. The molecule has 0 aliphatic carbocycles. The van der Waals surface area contributed by atoms with E-state index in [1.165, 1.54) is 0 Å². The lowest BCUT2D eigenvalue weighted by Crippen LogP contribution is -2.31. The third kappa shape index (κ3) is 4.07. The zero-order valence-corrected chi connectivity index (χ0v) is 16.0. The summed E-state index contributed by atoms with van der Waals surface area (Å²) >= 11 is 6.14. The lowest BCUT2D eigenvalue weighted by molar-refractivity contribution is -0.138. The second kappa shape index (κ2) is 8.71. The van der Waals surface area contributed by atoms with Crippen LogP contribution in [-0.2, 0) is 20.9 Å². The third-order valence-corrected chi connectivity index (χ3v) is 4.49. The average Bonchev–Trinajstić information content (AvgIpc) is 2.91. The van der Waals surface area contributed by atoms with Crippen molar-refractivity contribution in [3.05, 3.63) is 76.5 Å². The number of rotatable bonds is 7. The highest BCUT2D eigenvalue weighted by atomic mass is 35.5. The monoisotopic (exact) mass is 398 g/mol. The van der Waals surface area contributed by atoms with E-state index in [0.717, 1.165) is 10.5 Å². The topological polar surface area (TPSA) is 75.7 Å². The van der Waals surface area contributed by atoms with Gasteiger partial charge < -0.3 is 10.1 Å². The van der Waals surface area contributed by atoms with Crippen LogP contribution in [0.15, 0.2) is 65.3 Å². The molecule has 144 valence electrons. The number of benzene rings is 2. The van der Waals surface area contributed by atoms with E-state index >= 15 is 0 Å². The van der Waals surface area contributed by atoms with Gasteiger partial charge in [-0.25, -0.2) is 4.79 Å². The van der Waals surface area contributed by atoms with Gasteiger partial charge in [0.05, 0.1) is 24.4 Å². The smallest absolute Gasteiger partial charge is 0.340 e. The van der Waals surface area contributed by atoms with E-state index < -0.39 is 17.8 Å². The second-order valence-corrected chi connectivity index (χ2v) is 6.56. The first-order chi connectivity index (χ1) is 13.5. The molecule has 28 heavy (non-hydrogen) atoms. The Hall–Kier alpha value is -3.12. The van der Waals surface area contributed by atoms with E-state index in [0.29, 0.717) is 18.7 Å². The highest BCUT2D eigenvalue weighted by Crippen LogP contribution is 2.28. The highest BCUT2D eigenvalue weighted by Gasteiger charge is 2.38. The molecule has 1 heterocycles. The molecule has 0 fully saturated rings. The summed E-state index contributed by atoms with van der Waals surface area (Å²) in [5, 5.41) is 2.64. The Labute approximate surface area is 167 Å². The van der Waals surface area contributed by atoms with Crippen molar-refractivity contribution in [1.82, 2.24) is 4.90 Å². The number of carbonyl (C=O) groups is 3. The zero-order valence-electron chi connectivity index (χ0n) is 15.3. The summed E-state index contributed by atoms with van der Waals surface area (Å²) in [4.78, 5) is 38.6. The van der Waals surface area contributed by atoms with Gasteiger partial charge in [0.1, 0.15) is 10.7 Å². The third-order valence-electron chi connectivity index (χ3n) is 4.14. The van der Waals surface area contributed by atoms with Crippen LogP contribution in [0.5, 0.6) is 0 Å². The van der Waals surface area contributed by atoms with Gasteiger partial charge in [0.2, 0.25) is 0 Å². The van der Waals surface area contributed by atoms with E-state index in [4.69, 9.17) is 16.3 Å². The minimum atomic E-state index is -0.580. The summed E-state index contributed by atoms with van der Waals surface area (Å²) < 4.78 is 5.17. The maximum atomic E-state index is 12.8. The minimum absolute atomic E-state index is 0.0571. The maximum Gasteiger partial charge on any atom is 0.340 e. The molecular formula is C21H19ClN2O4. The molecule has 0 radical (unpaired) electrons. The largest absolute Gasteiger partial charge is 0.462 e. The van der Waals surface area contributed by atoms with E-state index in [1.54, 1.807) is 24.3 Å². The molecule has 2 aromatic rings. The molecule has 1 aliphatic rings. The van der Waals surface area contributed by atoms with Crippen molar-refractivity contribution in [2.45, 2.75) is 19.9 Å². The molecule has 2 aromatic carbocycles. The first kappa shape index (κ1) is 19.6. The van der Waals surface area contributed by atoms with Crippen LogP contribution in [0, 0.1) is 0 Å². The van der Waals surface area contributed by atoms with Crippen molar-refractivity contribution in [1.29, 1.82) is 0 Å². The molecule has 0 saturated heterocycles. The summed E-state index contributed by atoms with van der Waals surface area (Å²) in [6.07, 6.45) is 0.694. The Morgan fingerprint density at radius 2 is 1.71 bits per heavy atom. The van der Waals surface area contributed by atoms with Crippen LogP contribution in [0.4, 0.5) is 5.69 Å². The van der Waals surface area contributed by atoms with Gasteiger partial charge in [-0.1, -0.05) is 61.0 Å². The van der Waals surface area contributed by atoms with E-state index in [-0.39, 0.29) is 22.8 Å². The Morgan fingerprint density at radius 3 is 2.43 bits per heavy atom. The quantitative estimate of drug-likeness (QED) is 0.568. The first-order valence-corrected chi connectivity index (χ1v) is 9.23. The zero-order chi connectivity index (χ0) is 20.1. The number of anilines is 1. The van der Waals surface area contributed by atoms with E-state index in [2.05, 4.69) is 5.32 Å². The Kier molecular flexibility index (Phi) is 6.11. The summed E-state index contributed by atoms with van der Waals surface area (Å²) in [6, 6.07) is 15.7. The molecule has 1 N–H and O–H groups in total. The van der Waals surface area contributed by atoms with Gasteiger partial charge >= 0.3 is 5.97 Å². The molecule has 0 bridgehead atoms. The van der Waals surface area contributed by atoms with Gasteiger partial charge in [-0.3, -0.25) is 14.5 Å². The number of nitrogens with zero attached hydrogens (tertiary/aromatic N) is 1. The van der Waals surface area contributed by atoms with Crippen molar-refractivity contribution in [2.24, 2.45) is 0 Å². The predicted octanol–water partition coefficient (Wildman–Crippen LogP) is 3.68. The molecule has 0 spiro atoms. The average molecular weight is 399 g/mol. The molecule has 0 unspecified atom stereocenters. The lowest BCUT2D eigenvalue weighted by atomic mass is 10.1. The predicted molar refractivity (Wildman–Crippen MR) is 106 cm³/mol. The molecule has 3 rings (SSSR count).